The fraction of sp³-hybridized carbons (Fsp3) is 0.643. The summed E-state index contributed by atoms with van der Waals surface area (Å²) in [5.74, 6) is 0.709. The average Bonchev–Trinajstić information content (AvgIpc) is 2.51. The molecule has 17 heavy (non-hydrogen) atoms. The van der Waals surface area contributed by atoms with Crippen LogP contribution in [0.15, 0.2) is 12.7 Å². The number of aryl methyl sites for hydroxylation is 1. The first-order valence-electron chi connectivity index (χ1n) is 6.40. The summed E-state index contributed by atoms with van der Waals surface area (Å²) in [6.45, 7) is 15.3. The lowest BCUT2D eigenvalue weighted by Gasteiger charge is -2.07. The van der Waals surface area contributed by atoms with Gasteiger partial charge >= 0.3 is 0 Å². The standard InChI is InChI=1S/C14H25N3/c1-6-9-17-13(5)14(12(4)16-17)7-8-15-10-11(2)3/h6,11,15H,1,7-10H2,2-5H3. The number of hydrogen-bond donors (Lipinski definition) is 1. The molecule has 0 spiro atoms. The second kappa shape index (κ2) is 6.60. The zero-order chi connectivity index (χ0) is 12.8. The van der Waals surface area contributed by atoms with Crippen LogP contribution in [0.5, 0.6) is 0 Å². The Morgan fingerprint density at radius 3 is 2.71 bits per heavy atom. The maximum atomic E-state index is 4.53. The van der Waals surface area contributed by atoms with Gasteiger partial charge < -0.3 is 5.32 Å². The van der Waals surface area contributed by atoms with Gasteiger partial charge in [-0.15, -0.1) is 6.58 Å². The van der Waals surface area contributed by atoms with E-state index in [9.17, 15) is 0 Å². The van der Waals surface area contributed by atoms with E-state index in [-0.39, 0.29) is 0 Å². The topological polar surface area (TPSA) is 29.9 Å². The maximum Gasteiger partial charge on any atom is 0.0629 e. The summed E-state index contributed by atoms with van der Waals surface area (Å²) < 4.78 is 2.03. The summed E-state index contributed by atoms with van der Waals surface area (Å²) in [5, 5.41) is 8.00. The molecule has 0 aliphatic rings. The Bertz CT molecular complexity index is 364. The number of rotatable bonds is 7. The minimum Gasteiger partial charge on any atom is -0.316 e. The Labute approximate surface area is 105 Å². The fourth-order valence-corrected chi connectivity index (χ4v) is 2.00. The van der Waals surface area contributed by atoms with Gasteiger partial charge in [0.05, 0.1) is 12.2 Å². The highest BCUT2D eigenvalue weighted by molar-refractivity contribution is 5.25. The molecule has 1 aromatic rings. The fourth-order valence-electron chi connectivity index (χ4n) is 2.00. The van der Waals surface area contributed by atoms with Crippen LogP contribution < -0.4 is 5.32 Å². The Kier molecular flexibility index (Phi) is 5.42. The van der Waals surface area contributed by atoms with Crippen molar-refractivity contribution in [1.29, 1.82) is 0 Å². The lowest BCUT2D eigenvalue weighted by Crippen LogP contribution is -2.22. The summed E-state index contributed by atoms with van der Waals surface area (Å²) in [6.07, 6.45) is 2.95. The van der Waals surface area contributed by atoms with Crippen molar-refractivity contribution in [2.45, 2.75) is 40.7 Å². The lowest BCUT2D eigenvalue weighted by atomic mass is 10.1. The van der Waals surface area contributed by atoms with E-state index in [4.69, 9.17) is 0 Å². The first kappa shape index (κ1) is 14.0. The Morgan fingerprint density at radius 2 is 2.12 bits per heavy atom. The van der Waals surface area contributed by atoms with Gasteiger partial charge in [0, 0.05) is 5.69 Å². The molecule has 0 aromatic carbocycles. The summed E-state index contributed by atoms with van der Waals surface area (Å²) >= 11 is 0. The molecule has 3 heteroatoms. The monoisotopic (exact) mass is 235 g/mol. The first-order valence-corrected chi connectivity index (χ1v) is 6.40. The second-order valence-electron chi connectivity index (χ2n) is 4.97. The third kappa shape index (κ3) is 4.00. The number of allylic oxidation sites excluding steroid dienone is 1. The number of aromatic nitrogens is 2. The molecule has 0 atom stereocenters. The predicted molar refractivity (Wildman–Crippen MR) is 73.3 cm³/mol. The SMILES string of the molecule is C=CCn1nc(C)c(CCNCC(C)C)c1C. The molecule has 1 N–H and O–H groups in total. The minimum absolute atomic E-state index is 0.709. The van der Waals surface area contributed by atoms with E-state index in [1.54, 1.807) is 0 Å². The first-order chi connectivity index (χ1) is 8.06. The van der Waals surface area contributed by atoms with Crippen molar-refractivity contribution in [3.05, 3.63) is 29.6 Å². The molecule has 0 saturated heterocycles. The van der Waals surface area contributed by atoms with E-state index in [0.29, 0.717) is 5.92 Å². The Morgan fingerprint density at radius 1 is 1.41 bits per heavy atom. The van der Waals surface area contributed by atoms with Crippen LogP contribution in [0, 0.1) is 19.8 Å². The van der Waals surface area contributed by atoms with Crippen LogP contribution in [0.25, 0.3) is 0 Å². The molecule has 0 amide bonds. The highest BCUT2D eigenvalue weighted by Gasteiger charge is 2.09. The van der Waals surface area contributed by atoms with Gasteiger partial charge in [0.25, 0.3) is 0 Å². The van der Waals surface area contributed by atoms with Gasteiger partial charge in [-0.1, -0.05) is 19.9 Å². The molecule has 0 radical (unpaired) electrons. The largest absolute Gasteiger partial charge is 0.316 e. The van der Waals surface area contributed by atoms with Crippen molar-refractivity contribution in [2.24, 2.45) is 5.92 Å². The number of nitrogens with zero attached hydrogens (tertiary/aromatic N) is 2. The number of hydrogen-bond acceptors (Lipinski definition) is 2. The normalized spacial score (nSPS) is 11.1. The van der Waals surface area contributed by atoms with E-state index < -0.39 is 0 Å². The molecular formula is C14H25N3. The smallest absolute Gasteiger partial charge is 0.0629 e. The molecule has 0 saturated carbocycles. The Hall–Kier alpha value is -1.09. The molecule has 1 heterocycles. The van der Waals surface area contributed by atoms with Crippen LogP contribution >= 0.6 is 0 Å². The third-order valence-corrected chi connectivity index (χ3v) is 2.94. The minimum atomic E-state index is 0.709. The average molecular weight is 235 g/mol. The van der Waals surface area contributed by atoms with Crippen LogP contribution in [0.4, 0.5) is 0 Å². The van der Waals surface area contributed by atoms with Gasteiger partial charge in [-0.3, -0.25) is 4.68 Å². The highest BCUT2D eigenvalue weighted by atomic mass is 15.3. The van der Waals surface area contributed by atoms with Gasteiger partial charge in [-0.05, 0) is 44.8 Å². The molecule has 0 fully saturated rings. The van der Waals surface area contributed by atoms with E-state index in [1.165, 1.54) is 11.3 Å². The summed E-state index contributed by atoms with van der Waals surface area (Å²) in [7, 11) is 0. The van der Waals surface area contributed by atoms with Gasteiger partial charge in [0.1, 0.15) is 0 Å². The van der Waals surface area contributed by atoms with Crippen molar-refractivity contribution in [1.82, 2.24) is 15.1 Å². The second-order valence-corrected chi connectivity index (χ2v) is 4.97. The zero-order valence-corrected chi connectivity index (χ0v) is 11.6. The lowest BCUT2D eigenvalue weighted by molar-refractivity contribution is 0.553. The van der Waals surface area contributed by atoms with Crippen molar-refractivity contribution < 1.29 is 0 Å². The van der Waals surface area contributed by atoms with Gasteiger partial charge in [0.15, 0.2) is 0 Å². The summed E-state index contributed by atoms with van der Waals surface area (Å²) in [6, 6.07) is 0. The van der Waals surface area contributed by atoms with Crippen LogP contribution in [-0.2, 0) is 13.0 Å². The maximum absolute atomic E-state index is 4.53. The quantitative estimate of drug-likeness (QED) is 0.581. The van der Waals surface area contributed by atoms with Gasteiger partial charge in [-0.2, -0.15) is 5.10 Å². The van der Waals surface area contributed by atoms with Gasteiger partial charge in [-0.25, -0.2) is 0 Å². The molecule has 0 bridgehead atoms. The van der Waals surface area contributed by atoms with E-state index >= 15 is 0 Å². The molecule has 1 rings (SSSR count). The zero-order valence-electron chi connectivity index (χ0n) is 11.6. The van der Waals surface area contributed by atoms with Crippen LogP contribution in [0.3, 0.4) is 0 Å². The molecule has 3 nitrogen and oxygen atoms in total. The molecule has 0 unspecified atom stereocenters. The summed E-state index contributed by atoms with van der Waals surface area (Å²) in [4.78, 5) is 0. The molecule has 1 aromatic heterocycles. The van der Waals surface area contributed by atoms with Crippen LogP contribution in [0.1, 0.15) is 30.8 Å². The van der Waals surface area contributed by atoms with Crippen molar-refractivity contribution >= 4 is 0 Å². The summed E-state index contributed by atoms with van der Waals surface area (Å²) in [5.41, 5.74) is 3.80. The Balaban J connectivity index is 2.55. The third-order valence-electron chi connectivity index (χ3n) is 2.94. The molecule has 96 valence electrons. The van der Waals surface area contributed by atoms with Crippen molar-refractivity contribution in [2.75, 3.05) is 13.1 Å². The van der Waals surface area contributed by atoms with Crippen LogP contribution in [0.2, 0.25) is 0 Å². The van der Waals surface area contributed by atoms with E-state index in [1.807, 2.05) is 10.8 Å². The molecule has 0 aliphatic carbocycles. The predicted octanol–water partition coefficient (Wildman–Crippen LogP) is 2.47. The van der Waals surface area contributed by atoms with Crippen molar-refractivity contribution in [3.63, 3.8) is 0 Å². The highest BCUT2D eigenvalue weighted by Crippen LogP contribution is 2.13. The molecular weight excluding hydrogens is 210 g/mol. The number of nitrogens with one attached hydrogen (secondary N) is 1. The van der Waals surface area contributed by atoms with E-state index in [0.717, 1.165) is 31.7 Å². The van der Waals surface area contributed by atoms with Crippen LogP contribution in [-0.4, -0.2) is 22.9 Å². The van der Waals surface area contributed by atoms with Gasteiger partial charge in [0.2, 0.25) is 0 Å². The van der Waals surface area contributed by atoms with Crippen molar-refractivity contribution in [3.8, 4) is 0 Å². The molecule has 0 aliphatic heterocycles. The van der Waals surface area contributed by atoms with E-state index in [2.05, 4.69) is 44.7 Å².